The van der Waals surface area contributed by atoms with E-state index in [9.17, 15) is 9.18 Å². The number of carbonyl (C=O) groups is 1. The first-order valence-corrected chi connectivity index (χ1v) is 6.18. The van der Waals surface area contributed by atoms with Gasteiger partial charge >= 0.3 is 0 Å². The summed E-state index contributed by atoms with van der Waals surface area (Å²) in [6.45, 7) is 0. The van der Waals surface area contributed by atoms with E-state index in [0.29, 0.717) is 24.2 Å². The summed E-state index contributed by atoms with van der Waals surface area (Å²) in [5.41, 5.74) is 0.484. The van der Waals surface area contributed by atoms with Crippen molar-refractivity contribution in [3.8, 4) is 0 Å². The van der Waals surface area contributed by atoms with E-state index in [4.69, 9.17) is 0 Å². The van der Waals surface area contributed by atoms with Crippen LogP contribution in [0.1, 0.15) is 22.3 Å². The molecule has 2 rings (SSSR count). The molecule has 0 bridgehead atoms. The number of thioether (sulfide) groups is 1. The highest BCUT2D eigenvalue weighted by Gasteiger charge is 2.34. The molecule has 15 heavy (non-hydrogen) atoms. The van der Waals surface area contributed by atoms with Crippen molar-refractivity contribution in [1.82, 2.24) is 0 Å². The van der Waals surface area contributed by atoms with Crippen molar-refractivity contribution in [2.24, 2.45) is 0 Å². The molecule has 1 aromatic carbocycles. The molecule has 0 radical (unpaired) electrons. The lowest BCUT2D eigenvalue weighted by molar-refractivity contribution is 0.112. The zero-order chi connectivity index (χ0) is 10.7. The zero-order valence-corrected chi connectivity index (χ0v) is 9.23. The quantitative estimate of drug-likeness (QED) is 0.734. The second kappa shape index (κ2) is 4.35. The Morgan fingerprint density at radius 3 is 3.07 bits per heavy atom. The van der Waals surface area contributed by atoms with E-state index in [2.05, 4.69) is 0 Å². The minimum Gasteiger partial charge on any atom is -0.298 e. The fourth-order valence-corrected chi connectivity index (χ4v) is 3.13. The Hall–Kier alpha value is -0.830. The number of rotatable bonds is 3. The van der Waals surface area contributed by atoms with Crippen molar-refractivity contribution in [1.29, 1.82) is 0 Å². The molecule has 0 aliphatic carbocycles. The summed E-state index contributed by atoms with van der Waals surface area (Å²) in [5.74, 6) is 1.49. The van der Waals surface area contributed by atoms with Crippen LogP contribution in [0.5, 0.6) is 0 Å². The van der Waals surface area contributed by atoms with E-state index < -0.39 is 5.67 Å². The zero-order valence-electron chi connectivity index (χ0n) is 8.41. The van der Waals surface area contributed by atoms with Gasteiger partial charge in [-0.25, -0.2) is 4.39 Å². The van der Waals surface area contributed by atoms with Crippen LogP contribution in [0.3, 0.4) is 0 Å². The Morgan fingerprint density at radius 1 is 1.53 bits per heavy atom. The third-order valence-electron chi connectivity index (χ3n) is 2.66. The molecule has 1 atom stereocenters. The summed E-state index contributed by atoms with van der Waals surface area (Å²) < 4.78 is 14.1. The van der Waals surface area contributed by atoms with Gasteiger partial charge in [-0.2, -0.15) is 11.8 Å². The summed E-state index contributed by atoms with van der Waals surface area (Å²) in [7, 11) is 0. The van der Waals surface area contributed by atoms with Crippen molar-refractivity contribution in [3.63, 3.8) is 0 Å². The highest BCUT2D eigenvalue weighted by Crippen LogP contribution is 2.34. The molecule has 1 nitrogen and oxygen atoms in total. The maximum Gasteiger partial charge on any atom is 0.150 e. The van der Waals surface area contributed by atoms with E-state index in [1.165, 1.54) is 0 Å². The molecule has 0 spiro atoms. The third kappa shape index (κ3) is 2.59. The molecule has 1 saturated heterocycles. The van der Waals surface area contributed by atoms with Gasteiger partial charge in [-0.05, 0) is 23.8 Å². The number of halogens is 1. The van der Waals surface area contributed by atoms with Crippen LogP contribution in [0, 0.1) is 0 Å². The summed E-state index contributed by atoms with van der Waals surface area (Å²) >= 11 is 1.67. The average Bonchev–Trinajstić information content (AvgIpc) is 2.65. The fourth-order valence-electron chi connectivity index (χ4n) is 1.86. The molecular weight excluding hydrogens is 211 g/mol. The van der Waals surface area contributed by atoms with E-state index in [-0.39, 0.29) is 0 Å². The van der Waals surface area contributed by atoms with Crippen LogP contribution in [0.4, 0.5) is 4.39 Å². The van der Waals surface area contributed by atoms with Crippen molar-refractivity contribution in [3.05, 3.63) is 35.4 Å². The van der Waals surface area contributed by atoms with Crippen molar-refractivity contribution >= 4 is 18.0 Å². The fraction of sp³-hybridized carbons (Fsp3) is 0.417. The number of carbonyl (C=O) groups excluding carboxylic acids is 1. The lowest BCUT2D eigenvalue weighted by Gasteiger charge is -2.17. The number of hydrogen-bond donors (Lipinski definition) is 0. The predicted molar refractivity (Wildman–Crippen MR) is 61.3 cm³/mol. The summed E-state index contributed by atoms with van der Waals surface area (Å²) in [6.07, 6.45) is 1.86. The molecule has 0 saturated carbocycles. The summed E-state index contributed by atoms with van der Waals surface area (Å²) in [6, 6.07) is 7.21. The second-order valence-corrected chi connectivity index (χ2v) is 5.10. The lowest BCUT2D eigenvalue weighted by atomic mass is 9.95. The molecule has 1 heterocycles. The van der Waals surface area contributed by atoms with Gasteiger partial charge in [0.1, 0.15) is 12.0 Å². The molecule has 0 amide bonds. The van der Waals surface area contributed by atoms with Crippen molar-refractivity contribution in [2.45, 2.75) is 18.5 Å². The van der Waals surface area contributed by atoms with Gasteiger partial charge in [0, 0.05) is 17.7 Å². The Labute approximate surface area is 93.1 Å². The van der Waals surface area contributed by atoms with Gasteiger partial charge in [-0.1, -0.05) is 18.2 Å². The highest BCUT2D eigenvalue weighted by molar-refractivity contribution is 7.99. The highest BCUT2D eigenvalue weighted by atomic mass is 32.2. The Balaban J connectivity index is 2.12. The molecule has 1 fully saturated rings. The topological polar surface area (TPSA) is 17.1 Å². The number of aldehydes is 1. The number of benzene rings is 1. The summed E-state index contributed by atoms with van der Waals surface area (Å²) in [5, 5.41) is 0. The van der Waals surface area contributed by atoms with Gasteiger partial charge in [0.2, 0.25) is 0 Å². The smallest absolute Gasteiger partial charge is 0.150 e. The monoisotopic (exact) mass is 224 g/mol. The van der Waals surface area contributed by atoms with Crippen LogP contribution >= 0.6 is 11.8 Å². The maximum absolute atomic E-state index is 14.1. The van der Waals surface area contributed by atoms with Crippen LogP contribution in [-0.4, -0.2) is 23.5 Å². The molecule has 1 aliphatic heterocycles. The Kier molecular flexibility index (Phi) is 3.10. The van der Waals surface area contributed by atoms with Gasteiger partial charge in [-0.15, -0.1) is 0 Å². The van der Waals surface area contributed by atoms with Gasteiger partial charge in [0.25, 0.3) is 0 Å². The largest absolute Gasteiger partial charge is 0.298 e. The van der Waals surface area contributed by atoms with Gasteiger partial charge in [-0.3, -0.25) is 4.79 Å². The third-order valence-corrected chi connectivity index (χ3v) is 3.88. The maximum atomic E-state index is 14.1. The lowest BCUT2D eigenvalue weighted by Crippen LogP contribution is -2.25. The SMILES string of the molecule is O=Cc1cccc(CC2(F)CCSC2)c1. The molecular formula is C12H13FOS. The van der Waals surface area contributed by atoms with E-state index in [1.807, 2.05) is 12.1 Å². The Bertz CT molecular complexity index is 358. The molecule has 1 aromatic rings. The van der Waals surface area contributed by atoms with E-state index in [0.717, 1.165) is 17.6 Å². The Morgan fingerprint density at radius 2 is 2.40 bits per heavy atom. The minimum atomic E-state index is -1.06. The molecule has 80 valence electrons. The van der Waals surface area contributed by atoms with Crippen molar-refractivity contribution in [2.75, 3.05) is 11.5 Å². The normalized spacial score (nSPS) is 25.4. The van der Waals surface area contributed by atoms with Crippen LogP contribution < -0.4 is 0 Å². The molecule has 0 N–H and O–H groups in total. The second-order valence-electron chi connectivity index (χ2n) is 3.99. The standard InChI is InChI=1S/C12H13FOS/c13-12(4-5-15-9-12)7-10-2-1-3-11(6-10)8-14/h1-3,6,8H,4-5,7,9H2. The first kappa shape index (κ1) is 10.7. The van der Waals surface area contributed by atoms with Gasteiger partial charge in [0.15, 0.2) is 0 Å². The summed E-state index contributed by atoms with van der Waals surface area (Å²) in [4.78, 5) is 10.6. The molecule has 1 aliphatic rings. The van der Waals surface area contributed by atoms with Gasteiger partial charge in [0.05, 0.1) is 0 Å². The van der Waals surface area contributed by atoms with Gasteiger partial charge < -0.3 is 0 Å². The average molecular weight is 224 g/mol. The van der Waals surface area contributed by atoms with Crippen LogP contribution in [0.15, 0.2) is 24.3 Å². The first-order valence-electron chi connectivity index (χ1n) is 5.03. The van der Waals surface area contributed by atoms with E-state index in [1.54, 1.807) is 23.9 Å². The molecule has 1 unspecified atom stereocenters. The molecule has 0 aromatic heterocycles. The first-order chi connectivity index (χ1) is 7.22. The number of alkyl halides is 1. The van der Waals surface area contributed by atoms with Crippen LogP contribution in [0.25, 0.3) is 0 Å². The molecule has 3 heteroatoms. The van der Waals surface area contributed by atoms with Crippen molar-refractivity contribution < 1.29 is 9.18 Å². The minimum absolute atomic E-state index is 0.432. The number of hydrogen-bond acceptors (Lipinski definition) is 2. The van der Waals surface area contributed by atoms with E-state index >= 15 is 0 Å². The van der Waals surface area contributed by atoms with Crippen LogP contribution in [0.2, 0.25) is 0 Å². The van der Waals surface area contributed by atoms with Crippen LogP contribution in [-0.2, 0) is 6.42 Å². The predicted octanol–water partition coefficient (Wildman–Crippen LogP) is 2.89.